The van der Waals surface area contributed by atoms with Gasteiger partial charge in [-0.2, -0.15) is 0 Å². The van der Waals surface area contributed by atoms with E-state index < -0.39 is 0 Å². The molecule has 0 aromatic carbocycles. The van der Waals surface area contributed by atoms with E-state index >= 15 is 0 Å². The smallest absolute Gasteiger partial charge is 0.193 e. The molecule has 2 heterocycles. The fourth-order valence-electron chi connectivity index (χ4n) is 5.05. The molecule has 1 atom stereocenters. The zero-order valence-corrected chi connectivity index (χ0v) is 19.2. The highest BCUT2D eigenvalue weighted by atomic mass is 127. The van der Waals surface area contributed by atoms with Crippen molar-refractivity contribution >= 4 is 29.9 Å². The zero-order chi connectivity index (χ0) is 17.5. The van der Waals surface area contributed by atoms with E-state index in [-0.39, 0.29) is 24.0 Å². The van der Waals surface area contributed by atoms with Gasteiger partial charge in [-0.25, -0.2) is 0 Å². The van der Waals surface area contributed by atoms with Gasteiger partial charge in [-0.05, 0) is 51.0 Å². The minimum atomic E-state index is 0. The number of nitrogens with one attached hydrogen (secondary N) is 1. The fraction of sp³-hybridized carbons (Fsp3) is 0.950. The van der Waals surface area contributed by atoms with E-state index in [2.05, 4.69) is 22.0 Å². The quantitative estimate of drug-likeness (QED) is 0.361. The lowest BCUT2D eigenvalue weighted by molar-refractivity contribution is 0.142. The Kier molecular flexibility index (Phi) is 9.44. The Labute approximate surface area is 177 Å². The SMILES string of the molecule is CCNC(=NCC1CCCN1CCOC)N1CCC2(CCCCC2)C1.I. The van der Waals surface area contributed by atoms with E-state index in [1.54, 1.807) is 7.11 Å². The Hall–Kier alpha value is -0.0800. The van der Waals surface area contributed by atoms with Gasteiger partial charge in [0.05, 0.1) is 13.2 Å². The molecule has 2 aliphatic heterocycles. The van der Waals surface area contributed by atoms with Crippen LogP contribution < -0.4 is 5.32 Å². The van der Waals surface area contributed by atoms with Crippen molar-refractivity contribution in [2.75, 3.05) is 53.0 Å². The summed E-state index contributed by atoms with van der Waals surface area (Å²) in [5.74, 6) is 1.16. The van der Waals surface area contributed by atoms with Crippen LogP contribution in [0.4, 0.5) is 0 Å². The average molecular weight is 478 g/mol. The van der Waals surface area contributed by atoms with Gasteiger partial charge in [0.25, 0.3) is 0 Å². The van der Waals surface area contributed by atoms with Gasteiger partial charge in [0.1, 0.15) is 0 Å². The minimum absolute atomic E-state index is 0. The molecule has 3 rings (SSSR count). The highest BCUT2D eigenvalue weighted by molar-refractivity contribution is 14.0. The number of methoxy groups -OCH3 is 1. The standard InChI is InChI=1S/C20H38N4O.HI/c1-3-21-19(22-16-18-8-7-12-23(18)14-15-25-2)24-13-11-20(17-24)9-5-4-6-10-20;/h18H,3-17H2,1-2H3,(H,21,22);1H. The first-order chi connectivity index (χ1) is 12.3. The summed E-state index contributed by atoms with van der Waals surface area (Å²) < 4.78 is 5.26. The third kappa shape index (κ3) is 5.71. The number of guanidine groups is 1. The molecule has 1 unspecified atom stereocenters. The van der Waals surface area contributed by atoms with Crippen LogP contribution >= 0.6 is 24.0 Å². The number of nitrogens with zero attached hydrogens (tertiary/aromatic N) is 3. The maximum Gasteiger partial charge on any atom is 0.193 e. The molecule has 152 valence electrons. The maximum absolute atomic E-state index is 5.26. The molecule has 1 spiro atoms. The van der Waals surface area contributed by atoms with Crippen molar-refractivity contribution < 1.29 is 4.74 Å². The van der Waals surface area contributed by atoms with Crippen molar-refractivity contribution in [3.63, 3.8) is 0 Å². The van der Waals surface area contributed by atoms with E-state index in [4.69, 9.17) is 9.73 Å². The molecule has 5 nitrogen and oxygen atoms in total. The number of rotatable bonds is 6. The Bertz CT molecular complexity index is 440. The van der Waals surface area contributed by atoms with Gasteiger partial charge in [0, 0.05) is 39.3 Å². The molecule has 3 fully saturated rings. The molecule has 0 aromatic heterocycles. The van der Waals surface area contributed by atoms with E-state index in [9.17, 15) is 0 Å². The second kappa shape index (κ2) is 11.1. The summed E-state index contributed by atoms with van der Waals surface area (Å²) in [5.41, 5.74) is 0.590. The molecule has 2 saturated heterocycles. The minimum Gasteiger partial charge on any atom is -0.383 e. The van der Waals surface area contributed by atoms with Gasteiger partial charge in [-0.1, -0.05) is 19.3 Å². The van der Waals surface area contributed by atoms with Crippen molar-refractivity contribution in [2.45, 2.75) is 64.3 Å². The normalized spacial score (nSPS) is 26.3. The summed E-state index contributed by atoms with van der Waals surface area (Å²) in [4.78, 5) is 10.2. The molecule has 0 radical (unpaired) electrons. The van der Waals surface area contributed by atoms with Crippen LogP contribution in [0.25, 0.3) is 0 Å². The summed E-state index contributed by atoms with van der Waals surface area (Å²) in [5, 5.41) is 3.56. The monoisotopic (exact) mass is 478 g/mol. The lowest BCUT2D eigenvalue weighted by Crippen LogP contribution is -2.43. The second-order valence-corrected chi connectivity index (χ2v) is 8.25. The summed E-state index contributed by atoms with van der Waals surface area (Å²) in [7, 11) is 1.79. The van der Waals surface area contributed by atoms with Gasteiger partial charge < -0.3 is 15.0 Å². The van der Waals surface area contributed by atoms with Gasteiger partial charge in [0.15, 0.2) is 5.96 Å². The number of hydrogen-bond acceptors (Lipinski definition) is 3. The lowest BCUT2D eigenvalue weighted by Gasteiger charge is -2.33. The Morgan fingerprint density at radius 2 is 1.96 bits per heavy atom. The number of likely N-dealkylation sites (tertiary alicyclic amines) is 2. The largest absolute Gasteiger partial charge is 0.383 e. The van der Waals surface area contributed by atoms with Gasteiger partial charge in [-0.15, -0.1) is 24.0 Å². The first-order valence-corrected chi connectivity index (χ1v) is 10.5. The van der Waals surface area contributed by atoms with Crippen LogP contribution in [0.1, 0.15) is 58.3 Å². The van der Waals surface area contributed by atoms with Gasteiger partial charge >= 0.3 is 0 Å². The molecule has 0 amide bonds. The van der Waals surface area contributed by atoms with Crippen LogP contribution in [-0.4, -0.2) is 74.8 Å². The summed E-state index contributed by atoms with van der Waals surface area (Å²) in [6, 6.07) is 0.593. The summed E-state index contributed by atoms with van der Waals surface area (Å²) in [6.07, 6.45) is 11.1. The lowest BCUT2D eigenvalue weighted by atomic mass is 9.73. The third-order valence-electron chi connectivity index (χ3n) is 6.52. The first-order valence-electron chi connectivity index (χ1n) is 10.5. The van der Waals surface area contributed by atoms with Crippen LogP contribution in [0.3, 0.4) is 0 Å². The number of halogens is 1. The maximum atomic E-state index is 5.26. The molecule has 1 aliphatic carbocycles. The Balaban J connectivity index is 0.00000243. The Morgan fingerprint density at radius 3 is 2.69 bits per heavy atom. The first kappa shape index (κ1) is 22.2. The summed E-state index contributed by atoms with van der Waals surface area (Å²) >= 11 is 0. The van der Waals surface area contributed by atoms with Gasteiger partial charge in [0.2, 0.25) is 0 Å². The van der Waals surface area contributed by atoms with Crippen LogP contribution in [0.5, 0.6) is 0 Å². The second-order valence-electron chi connectivity index (χ2n) is 8.25. The van der Waals surface area contributed by atoms with Crippen LogP contribution in [0.15, 0.2) is 4.99 Å². The Morgan fingerprint density at radius 1 is 1.15 bits per heavy atom. The van der Waals surface area contributed by atoms with Crippen molar-refractivity contribution in [3.05, 3.63) is 0 Å². The predicted molar refractivity (Wildman–Crippen MR) is 120 cm³/mol. The molecule has 1 saturated carbocycles. The van der Waals surface area contributed by atoms with Crippen molar-refractivity contribution in [3.8, 4) is 0 Å². The predicted octanol–water partition coefficient (Wildman–Crippen LogP) is 3.34. The molecule has 0 bridgehead atoms. The van der Waals surface area contributed by atoms with E-state index in [0.717, 1.165) is 32.2 Å². The molecule has 0 aromatic rings. The van der Waals surface area contributed by atoms with E-state index in [1.165, 1.54) is 71.0 Å². The highest BCUT2D eigenvalue weighted by Gasteiger charge is 2.39. The van der Waals surface area contributed by atoms with Crippen LogP contribution in [0.2, 0.25) is 0 Å². The number of aliphatic imine (C=N–C) groups is 1. The molecule has 1 N–H and O–H groups in total. The molecule has 6 heteroatoms. The highest BCUT2D eigenvalue weighted by Crippen LogP contribution is 2.43. The van der Waals surface area contributed by atoms with Crippen molar-refractivity contribution in [2.24, 2.45) is 10.4 Å². The van der Waals surface area contributed by atoms with E-state index in [0.29, 0.717) is 11.5 Å². The van der Waals surface area contributed by atoms with E-state index in [1.807, 2.05) is 0 Å². The van der Waals surface area contributed by atoms with Crippen LogP contribution in [0, 0.1) is 5.41 Å². The third-order valence-corrected chi connectivity index (χ3v) is 6.52. The van der Waals surface area contributed by atoms with Crippen molar-refractivity contribution in [1.82, 2.24) is 15.1 Å². The molecule has 26 heavy (non-hydrogen) atoms. The number of hydrogen-bond donors (Lipinski definition) is 1. The van der Waals surface area contributed by atoms with Crippen LogP contribution in [-0.2, 0) is 4.74 Å². The fourth-order valence-corrected chi connectivity index (χ4v) is 5.05. The molecular weight excluding hydrogens is 439 g/mol. The molecular formula is C20H39IN4O. The summed E-state index contributed by atoms with van der Waals surface area (Å²) in [6.45, 7) is 9.54. The average Bonchev–Trinajstić information content (AvgIpc) is 3.25. The van der Waals surface area contributed by atoms with Crippen molar-refractivity contribution in [1.29, 1.82) is 0 Å². The number of ether oxygens (including phenoxy) is 1. The molecule has 3 aliphatic rings. The topological polar surface area (TPSA) is 40.1 Å². The zero-order valence-electron chi connectivity index (χ0n) is 16.8. The van der Waals surface area contributed by atoms with Gasteiger partial charge in [-0.3, -0.25) is 9.89 Å².